The highest BCUT2D eigenvalue weighted by Gasteiger charge is 2.48. The molecule has 2 bridgehead atoms. The van der Waals surface area contributed by atoms with Crippen molar-refractivity contribution in [3.8, 4) is 0 Å². The lowest BCUT2D eigenvalue weighted by Gasteiger charge is -2.29. The fraction of sp³-hybridized carbons (Fsp3) is 0.550. The fourth-order valence-corrected chi connectivity index (χ4v) is 4.33. The van der Waals surface area contributed by atoms with Crippen LogP contribution in [0.2, 0.25) is 0 Å². The van der Waals surface area contributed by atoms with Gasteiger partial charge in [0.15, 0.2) is 0 Å². The van der Waals surface area contributed by atoms with Crippen molar-refractivity contribution in [3.63, 3.8) is 0 Å². The van der Waals surface area contributed by atoms with Crippen LogP contribution < -0.4 is 5.48 Å². The van der Waals surface area contributed by atoms with Gasteiger partial charge < -0.3 is 14.9 Å². The number of nitrogens with zero attached hydrogens (tertiary/aromatic N) is 3. The fourth-order valence-electron chi connectivity index (χ4n) is 4.33. The van der Waals surface area contributed by atoms with Gasteiger partial charge in [0, 0.05) is 13.1 Å². The second-order valence-corrected chi connectivity index (χ2v) is 7.82. The van der Waals surface area contributed by atoms with Crippen molar-refractivity contribution in [2.45, 2.75) is 50.4 Å². The van der Waals surface area contributed by atoms with Gasteiger partial charge in [-0.05, 0) is 31.2 Å². The number of hydroxylamine groups is 3. The normalized spacial score (nSPS) is 25.7. The van der Waals surface area contributed by atoms with E-state index < -0.39 is 18.0 Å². The second kappa shape index (κ2) is 8.88. The Morgan fingerprint density at radius 2 is 1.97 bits per heavy atom. The smallest absolute Gasteiger partial charge is 0.407 e. The number of urea groups is 1. The van der Waals surface area contributed by atoms with Crippen LogP contribution in [-0.4, -0.2) is 75.8 Å². The van der Waals surface area contributed by atoms with E-state index in [1.54, 1.807) is 0 Å². The van der Waals surface area contributed by atoms with Crippen LogP contribution in [0.25, 0.3) is 0 Å². The molecule has 0 aromatic heterocycles. The number of carbonyl (C=O) groups is 3. The first-order valence-corrected chi connectivity index (χ1v) is 10.2. The van der Waals surface area contributed by atoms with E-state index in [-0.39, 0.29) is 24.7 Å². The third-order valence-electron chi connectivity index (χ3n) is 5.91. The maximum atomic E-state index is 12.8. The highest BCUT2D eigenvalue weighted by Crippen LogP contribution is 2.30. The number of fused-ring (bicyclic) bond motifs is 2. The van der Waals surface area contributed by atoms with E-state index in [9.17, 15) is 14.4 Å². The summed E-state index contributed by atoms with van der Waals surface area (Å²) in [6.45, 7) is 1.29. The average molecular weight is 418 g/mol. The Labute approximate surface area is 174 Å². The molecule has 1 aromatic rings. The Bertz CT molecular complexity index is 791. The van der Waals surface area contributed by atoms with Crippen LogP contribution in [0.5, 0.6) is 0 Å². The van der Waals surface area contributed by atoms with Crippen molar-refractivity contribution in [3.05, 3.63) is 35.9 Å². The summed E-state index contributed by atoms with van der Waals surface area (Å²) in [5.41, 5.74) is 3.37. The second-order valence-electron chi connectivity index (χ2n) is 7.82. The molecule has 3 atom stereocenters. The molecular weight excluding hydrogens is 392 g/mol. The van der Waals surface area contributed by atoms with E-state index in [2.05, 4.69) is 5.48 Å². The number of hydrogen-bond acceptors (Lipinski definition) is 5. The van der Waals surface area contributed by atoms with Crippen molar-refractivity contribution in [2.24, 2.45) is 0 Å². The van der Waals surface area contributed by atoms with Crippen molar-refractivity contribution < 1.29 is 29.2 Å². The van der Waals surface area contributed by atoms with Crippen LogP contribution in [0.15, 0.2) is 30.3 Å². The molecule has 3 fully saturated rings. The molecule has 10 heteroatoms. The number of benzene rings is 1. The number of likely N-dealkylation sites (tertiary alicyclic amines) is 1. The molecule has 10 nitrogen and oxygen atoms in total. The van der Waals surface area contributed by atoms with Crippen LogP contribution in [0, 0.1) is 0 Å². The molecule has 0 unspecified atom stereocenters. The monoisotopic (exact) mass is 418 g/mol. The summed E-state index contributed by atoms with van der Waals surface area (Å²) in [6.07, 6.45) is 1.67. The number of hydrogen-bond donors (Lipinski definition) is 2. The molecule has 2 N–H and O–H groups in total. The van der Waals surface area contributed by atoms with Gasteiger partial charge in [-0.2, -0.15) is 5.06 Å². The summed E-state index contributed by atoms with van der Waals surface area (Å²) in [4.78, 5) is 50.4. The molecule has 0 aliphatic carbocycles. The van der Waals surface area contributed by atoms with E-state index in [4.69, 9.17) is 14.8 Å². The van der Waals surface area contributed by atoms with Crippen molar-refractivity contribution in [1.29, 1.82) is 0 Å². The van der Waals surface area contributed by atoms with Crippen molar-refractivity contribution in [1.82, 2.24) is 20.3 Å². The zero-order valence-electron chi connectivity index (χ0n) is 16.6. The SMILES string of the molecule is O=C(NOC[C@@H]1CCCN1C(=O)O)[C@@H]1CC[C@@H]2CN1C(=O)N2OCc1ccccc1. The van der Waals surface area contributed by atoms with Gasteiger partial charge in [0.05, 0.1) is 18.7 Å². The first-order valence-electron chi connectivity index (χ1n) is 10.2. The van der Waals surface area contributed by atoms with Crippen LogP contribution in [0.1, 0.15) is 31.2 Å². The number of carboxylic acid groups (broad SMARTS) is 1. The molecule has 3 aliphatic heterocycles. The molecule has 1 aromatic carbocycles. The molecule has 3 saturated heterocycles. The summed E-state index contributed by atoms with van der Waals surface area (Å²) in [7, 11) is 0. The topological polar surface area (TPSA) is 112 Å². The van der Waals surface area contributed by atoms with Crippen LogP contribution in [0.3, 0.4) is 0 Å². The average Bonchev–Trinajstić information content (AvgIpc) is 3.31. The Morgan fingerprint density at radius 3 is 2.73 bits per heavy atom. The highest BCUT2D eigenvalue weighted by molar-refractivity contribution is 5.88. The standard InChI is InChI=1S/C20H26N4O6/c25-18(21-29-13-16-7-4-10-22(16)20(27)28)17-9-8-15-11-23(17)19(26)24(15)30-12-14-5-2-1-3-6-14/h1-3,5-6,15-17H,4,7-13H2,(H,21,25)(H,27,28)/t15-,16+,17+/m1/s1. The molecule has 0 radical (unpaired) electrons. The van der Waals surface area contributed by atoms with E-state index in [0.717, 1.165) is 12.0 Å². The molecule has 3 aliphatic rings. The minimum absolute atomic E-state index is 0.0752. The van der Waals surface area contributed by atoms with Crippen LogP contribution in [-0.2, 0) is 21.1 Å². The van der Waals surface area contributed by atoms with Gasteiger partial charge in [0.25, 0.3) is 5.91 Å². The molecule has 4 rings (SSSR count). The van der Waals surface area contributed by atoms with Gasteiger partial charge >= 0.3 is 12.1 Å². The van der Waals surface area contributed by atoms with E-state index >= 15 is 0 Å². The zero-order valence-corrected chi connectivity index (χ0v) is 16.6. The molecule has 0 saturated carbocycles. The lowest BCUT2D eigenvalue weighted by molar-refractivity contribution is -0.141. The molecule has 0 spiro atoms. The number of rotatable bonds is 7. The quantitative estimate of drug-likeness (QED) is 0.651. The van der Waals surface area contributed by atoms with Crippen LogP contribution in [0.4, 0.5) is 9.59 Å². The lowest BCUT2D eigenvalue weighted by Crippen LogP contribution is -2.50. The van der Waals surface area contributed by atoms with E-state index in [0.29, 0.717) is 39.0 Å². The molecule has 3 heterocycles. The van der Waals surface area contributed by atoms with Gasteiger partial charge in [-0.3, -0.25) is 14.5 Å². The summed E-state index contributed by atoms with van der Waals surface area (Å²) in [6, 6.07) is 8.30. The molecule has 4 amide bonds. The van der Waals surface area contributed by atoms with Crippen LogP contribution >= 0.6 is 0 Å². The van der Waals surface area contributed by atoms with Crippen molar-refractivity contribution >= 4 is 18.0 Å². The highest BCUT2D eigenvalue weighted by atomic mass is 16.7. The largest absolute Gasteiger partial charge is 0.465 e. The maximum Gasteiger partial charge on any atom is 0.407 e. The maximum absolute atomic E-state index is 12.8. The van der Waals surface area contributed by atoms with Gasteiger partial charge in [-0.25, -0.2) is 15.1 Å². The van der Waals surface area contributed by atoms with Gasteiger partial charge in [-0.1, -0.05) is 30.3 Å². The number of carbonyl (C=O) groups excluding carboxylic acids is 2. The third-order valence-corrected chi connectivity index (χ3v) is 5.91. The van der Waals surface area contributed by atoms with Gasteiger partial charge in [0.1, 0.15) is 12.6 Å². The molecule has 162 valence electrons. The Morgan fingerprint density at radius 1 is 1.17 bits per heavy atom. The van der Waals surface area contributed by atoms with Gasteiger partial charge in [-0.15, -0.1) is 0 Å². The third kappa shape index (κ3) is 4.19. The number of piperidine rings is 1. The Kier molecular flexibility index (Phi) is 6.05. The number of nitrogens with one attached hydrogen (secondary N) is 1. The first kappa shape index (κ1) is 20.4. The predicted octanol–water partition coefficient (Wildman–Crippen LogP) is 1.58. The predicted molar refractivity (Wildman–Crippen MR) is 104 cm³/mol. The summed E-state index contributed by atoms with van der Waals surface area (Å²) in [5, 5.41) is 10.5. The molecule has 30 heavy (non-hydrogen) atoms. The van der Waals surface area contributed by atoms with Crippen molar-refractivity contribution in [2.75, 3.05) is 19.7 Å². The summed E-state index contributed by atoms with van der Waals surface area (Å²) in [5.74, 6) is -0.397. The zero-order chi connectivity index (χ0) is 21.1. The minimum atomic E-state index is -0.982. The Hall–Kier alpha value is -2.85. The lowest BCUT2D eigenvalue weighted by atomic mass is 10.0. The Balaban J connectivity index is 1.27. The summed E-state index contributed by atoms with van der Waals surface area (Å²) < 4.78 is 0. The van der Waals surface area contributed by atoms with E-state index in [1.807, 2.05) is 30.3 Å². The molecular formula is C20H26N4O6. The summed E-state index contributed by atoms with van der Waals surface area (Å²) >= 11 is 0. The van der Waals surface area contributed by atoms with E-state index in [1.165, 1.54) is 14.9 Å². The minimum Gasteiger partial charge on any atom is -0.465 e. The number of amides is 4. The first-order chi connectivity index (χ1) is 14.5. The van der Waals surface area contributed by atoms with Gasteiger partial charge in [0.2, 0.25) is 0 Å².